The van der Waals surface area contributed by atoms with Crippen LogP contribution in [0.15, 0.2) is 23.1 Å². The first-order valence-electron chi connectivity index (χ1n) is 5.22. The minimum absolute atomic E-state index is 0.306. The maximum atomic E-state index is 10.7. The zero-order valence-corrected chi connectivity index (χ0v) is 10.2. The highest BCUT2D eigenvalue weighted by molar-refractivity contribution is 7.98. The van der Waals surface area contributed by atoms with Crippen molar-refractivity contribution in [2.45, 2.75) is 4.90 Å². The molecule has 0 spiro atoms. The molecule has 0 aromatic heterocycles. The van der Waals surface area contributed by atoms with E-state index in [2.05, 4.69) is 6.07 Å². The molecule has 1 saturated heterocycles. The first kappa shape index (κ1) is 11.8. The van der Waals surface area contributed by atoms with Crippen molar-refractivity contribution in [3.63, 3.8) is 0 Å². The summed E-state index contributed by atoms with van der Waals surface area (Å²) in [5.41, 5.74) is 1.49. The Kier molecular flexibility index (Phi) is 3.25. The molecule has 1 aliphatic heterocycles. The summed E-state index contributed by atoms with van der Waals surface area (Å²) < 4.78 is 0. The van der Waals surface area contributed by atoms with Gasteiger partial charge in [-0.05, 0) is 18.4 Å². The second-order valence-corrected chi connectivity index (χ2v) is 4.75. The lowest BCUT2D eigenvalue weighted by Crippen LogP contribution is -2.50. The molecule has 0 bridgehead atoms. The van der Waals surface area contributed by atoms with Gasteiger partial charge in [0.25, 0.3) is 0 Å². The van der Waals surface area contributed by atoms with Gasteiger partial charge in [-0.25, -0.2) is 0 Å². The van der Waals surface area contributed by atoms with E-state index in [9.17, 15) is 4.79 Å². The third-order valence-corrected chi connectivity index (χ3v) is 3.69. The molecular formula is C12H12N2O2S. The Balaban J connectivity index is 2.24. The Bertz CT molecular complexity index is 490. The molecule has 0 amide bonds. The molecule has 0 atom stereocenters. The van der Waals surface area contributed by atoms with Crippen molar-refractivity contribution >= 4 is 23.4 Å². The van der Waals surface area contributed by atoms with Crippen LogP contribution in [-0.2, 0) is 4.79 Å². The zero-order valence-electron chi connectivity index (χ0n) is 9.38. The number of hydrogen-bond donors (Lipinski definition) is 1. The van der Waals surface area contributed by atoms with Gasteiger partial charge in [-0.3, -0.25) is 4.79 Å². The van der Waals surface area contributed by atoms with Crippen LogP contribution < -0.4 is 4.90 Å². The minimum Gasteiger partial charge on any atom is -0.481 e. The average molecular weight is 248 g/mol. The van der Waals surface area contributed by atoms with Crippen LogP contribution >= 0.6 is 11.8 Å². The first-order valence-corrected chi connectivity index (χ1v) is 6.44. The van der Waals surface area contributed by atoms with Crippen LogP contribution in [0, 0.1) is 17.2 Å². The fourth-order valence-corrected chi connectivity index (χ4v) is 2.47. The van der Waals surface area contributed by atoms with Gasteiger partial charge in [0.2, 0.25) is 0 Å². The number of carbonyl (C=O) groups is 1. The van der Waals surface area contributed by atoms with Gasteiger partial charge in [0.05, 0.1) is 17.2 Å². The van der Waals surface area contributed by atoms with Gasteiger partial charge in [-0.1, -0.05) is 6.07 Å². The summed E-state index contributed by atoms with van der Waals surface area (Å²) in [7, 11) is 0. The fourth-order valence-electron chi connectivity index (χ4n) is 1.90. The Morgan fingerprint density at radius 1 is 1.59 bits per heavy atom. The highest BCUT2D eigenvalue weighted by Crippen LogP contribution is 2.32. The van der Waals surface area contributed by atoms with Crippen molar-refractivity contribution in [1.82, 2.24) is 0 Å². The van der Waals surface area contributed by atoms with Crippen LogP contribution in [0.25, 0.3) is 0 Å². The molecule has 1 heterocycles. The highest BCUT2D eigenvalue weighted by atomic mass is 32.2. The van der Waals surface area contributed by atoms with Crippen LogP contribution in [0.2, 0.25) is 0 Å². The Morgan fingerprint density at radius 3 is 2.82 bits per heavy atom. The van der Waals surface area contributed by atoms with Crippen LogP contribution in [0.3, 0.4) is 0 Å². The minimum atomic E-state index is -0.763. The second kappa shape index (κ2) is 4.68. The standard InChI is InChI=1S/C12H12N2O2S/c1-17-11-4-2-3-10(9(11)5-13)14-6-8(7-14)12(15)16/h2-4,8H,6-7H2,1H3,(H,15,16). The molecule has 5 heteroatoms. The molecule has 1 aromatic rings. The molecule has 0 radical (unpaired) electrons. The van der Waals surface area contributed by atoms with Gasteiger partial charge in [0.15, 0.2) is 0 Å². The van der Waals surface area contributed by atoms with E-state index >= 15 is 0 Å². The van der Waals surface area contributed by atoms with E-state index in [1.807, 2.05) is 29.4 Å². The van der Waals surface area contributed by atoms with E-state index in [0.717, 1.165) is 10.6 Å². The van der Waals surface area contributed by atoms with Crippen molar-refractivity contribution in [1.29, 1.82) is 5.26 Å². The number of aliphatic carboxylic acids is 1. The summed E-state index contributed by atoms with van der Waals surface area (Å²) in [6.45, 7) is 0.976. The summed E-state index contributed by atoms with van der Waals surface area (Å²) in [4.78, 5) is 13.6. The van der Waals surface area contributed by atoms with Crippen LogP contribution in [-0.4, -0.2) is 30.4 Å². The number of benzene rings is 1. The number of nitrogens with zero attached hydrogens (tertiary/aromatic N) is 2. The molecule has 1 aliphatic rings. The van der Waals surface area contributed by atoms with Crippen molar-refractivity contribution in [2.75, 3.05) is 24.2 Å². The van der Waals surface area contributed by atoms with Crippen molar-refractivity contribution in [3.8, 4) is 6.07 Å². The maximum absolute atomic E-state index is 10.7. The van der Waals surface area contributed by atoms with E-state index in [0.29, 0.717) is 18.7 Å². The van der Waals surface area contributed by atoms with Crippen LogP contribution in [0.4, 0.5) is 5.69 Å². The molecule has 88 valence electrons. The van der Waals surface area contributed by atoms with E-state index in [1.54, 1.807) is 0 Å². The topological polar surface area (TPSA) is 64.3 Å². The van der Waals surface area contributed by atoms with Crippen LogP contribution in [0.1, 0.15) is 5.56 Å². The number of hydrogen-bond acceptors (Lipinski definition) is 4. The lowest BCUT2D eigenvalue weighted by molar-refractivity contribution is -0.142. The molecule has 4 nitrogen and oxygen atoms in total. The zero-order chi connectivity index (χ0) is 12.4. The van der Waals surface area contributed by atoms with Crippen molar-refractivity contribution in [3.05, 3.63) is 23.8 Å². The number of rotatable bonds is 3. The lowest BCUT2D eigenvalue weighted by Gasteiger charge is -2.39. The van der Waals surface area contributed by atoms with Gasteiger partial charge in [-0.2, -0.15) is 5.26 Å². The predicted octanol–water partition coefficient (Wildman–Crippen LogP) is 1.80. The third kappa shape index (κ3) is 2.08. The molecule has 1 fully saturated rings. The predicted molar refractivity (Wildman–Crippen MR) is 66.3 cm³/mol. The summed E-state index contributed by atoms with van der Waals surface area (Å²) >= 11 is 1.53. The largest absolute Gasteiger partial charge is 0.481 e. The van der Waals surface area contributed by atoms with E-state index in [4.69, 9.17) is 10.4 Å². The van der Waals surface area contributed by atoms with Gasteiger partial charge >= 0.3 is 5.97 Å². The smallest absolute Gasteiger partial charge is 0.310 e. The Labute approximate surface area is 104 Å². The second-order valence-electron chi connectivity index (χ2n) is 3.91. The Morgan fingerprint density at radius 2 is 2.29 bits per heavy atom. The summed E-state index contributed by atoms with van der Waals surface area (Å²) in [5.74, 6) is -1.07. The van der Waals surface area contributed by atoms with E-state index < -0.39 is 5.97 Å². The molecule has 1 aromatic carbocycles. The highest BCUT2D eigenvalue weighted by Gasteiger charge is 2.33. The molecule has 0 saturated carbocycles. The molecule has 1 N–H and O–H groups in total. The molecule has 0 aliphatic carbocycles. The maximum Gasteiger partial charge on any atom is 0.310 e. The Hall–Kier alpha value is -1.67. The number of nitriles is 1. The van der Waals surface area contributed by atoms with Crippen molar-refractivity contribution < 1.29 is 9.90 Å². The number of carboxylic acid groups (broad SMARTS) is 1. The number of thioether (sulfide) groups is 1. The normalized spacial score (nSPS) is 15.2. The summed E-state index contributed by atoms with van der Waals surface area (Å²) in [5, 5.41) is 18.0. The summed E-state index contributed by atoms with van der Waals surface area (Å²) in [6, 6.07) is 7.87. The number of anilines is 1. The first-order chi connectivity index (χ1) is 8.17. The van der Waals surface area contributed by atoms with Gasteiger partial charge in [-0.15, -0.1) is 11.8 Å². The number of carboxylic acids is 1. The van der Waals surface area contributed by atoms with E-state index in [-0.39, 0.29) is 5.92 Å². The van der Waals surface area contributed by atoms with Gasteiger partial charge in [0.1, 0.15) is 6.07 Å². The lowest BCUT2D eigenvalue weighted by atomic mass is 9.98. The summed E-state index contributed by atoms with van der Waals surface area (Å²) in [6.07, 6.45) is 1.93. The quantitative estimate of drug-likeness (QED) is 0.826. The molecular weight excluding hydrogens is 236 g/mol. The average Bonchev–Trinajstić information content (AvgIpc) is 2.26. The van der Waals surface area contributed by atoms with Gasteiger partial charge in [0, 0.05) is 18.0 Å². The molecule has 17 heavy (non-hydrogen) atoms. The van der Waals surface area contributed by atoms with E-state index in [1.165, 1.54) is 11.8 Å². The molecule has 0 unspecified atom stereocenters. The molecule has 2 rings (SSSR count). The third-order valence-electron chi connectivity index (χ3n) is 2.91. The monoisotopic (exact) mass is 248 g/mol. The van der Waals surface area contributed by atoms with Crippen molar-refractivity contribution in [2.24, 2.45) is 5.92 Å². The van der Waals surface area contributed by atoms with Gasteiger partial charge < -0.3 is 10.0 Å². The SMILES string of the molecule is CSc1cccc(N2CC(C(=O)O)C2)c1C#N. The van der Waals surface area contributed by atoms with Crippen LogP contribution in [0.5, 0.6) is 0 Å². The fraction of sp³-hybridized carbons (Fsp3) is 0.333.